The molecular weight excluding hydrogens is 226 g/mol. The van der Waals surface area contributed by atoms with Gasteiger partial charge in [-0.15, -0.1) is 0 Å². The summed E-state index contributed by atoms with van der Waals surface area (Å²) in [5.74, 6) is 0.859. The van der Waals surface area contributed by atoms with Crippen LogP contribution in [0.5, 0.6) is 5.75 Å². The van der Waals surface area contributed by atoms with E-state index in [0.717, 1.165) is 17.1 Å². The molecule has 0 amide bonds. The van der Waals surface area contributed by atoms with Crippen LogP contribution in [0.15, 0.2) is 43.0 Å². The van der Waals surface area contributed by atoms with Crippen LogP contribution in [0.25, 0.3) is 0 Å². The van der Waals surface area contributed by atoms with Gasteiger partial charge in [-0.1, -0.05) is 0 Å². The van der Waals surface area contributed by atoms with E-state index in [2.05, 4.69) is 15.3 Å². The molecule has 4 nitrogen and oxygen atoms in total. The fourth-order valence-corrected chi connectivity index (χ4v) is 1.49. The molecule has 0 aliphatic carbocycles. The number of nitrogens with one attached hydrogen (secondary N) is 1. The summed E-state index contributed by atoms with van der Waals surface area (Å²) in [6.07, 6.45) is 4.96. The minimum Gasteiger partial charge on any atom is -0.488 e. The molecule has 2 rings (SSSR count). The Balaban J connectivity index is 2.04. The summed E-state index contributed by atoms with van der Waals surface area (Å²) in [6.45, 7) is 6.08. The summed E-state index contributed by atoms with van der Waals surface area (Å²) in [6, 6.07) is 7.82. The van der Waals surface area contributed by atoms with Gasteiger partial charge in [0, 0.05) is 5.69 Å². The molecule has 0 fully saturated rings. The zero-order valence-corrected chi connectivity index (χ0v) is 10.8. The van der Waals surface area contributed by atoms with Crippen LogP contribution in [-0.2, 0) is 0 Å². The summed E-state index contributed by atoms with van der Waals surface area (Å²) in [5, 5.41) is 3.21. The largest absolute Gasteiger partial charge is 0.488 e. The second-order valence-electron chi connectivity index (χ2n) is 4.99. The van der Waals surface area contributed by atoms with Crippen LogP contribution in [-0.4, -0.2) is 15.6 Å². The predicted molar refractivity (Wildman–Crippen MR) is 72.1 cm³/mol. The van der Waals surface area contributed by atoms with Crippen molar-refractivity contribution in [2.24, 2.45) is 0 Å². The molecule has 18 heavy (non-hydrogen) atoms. The highest BCUT2D eigenvalue weighted by atomic mass is 16.5. The third-order valence-electron chi connectivity index (χ3n) is 2.13. The van der Waals surface area contributed by atoms with Gasteiger partial charge in [0.1, 0.15) is 17.7 Å². The Kier molecular flexibility index (Phi) is 3.46. The number of rotatable bonds is 3. The van der Waals surface area contributed by atoms with Crippen LogP contribution in [0.2, 0.25) is 0 Å². The summed E-state index contributed by atoms with van der Waals surface area (Å²) >= 11 is 0. The van der Waals surface area contributed by atoms with Gasteiger partial charge in [0.15, 0.2) is 0 Å². The first-order valence-corrected chi connectivity index (χ1v) is 5.84. The Hall–Kier alpha value is -2.10. The first kappa shape index (κ1) is 12.4. The average Bonchev–Trinajstić information content (AvgIpc) is 2.31. The van der Waals surface area contributed by atoms with Crippen LogP contribution >= 0.6 is 0 Å². The molecule has 0 atom stereocenters. The van der Waals surface area contributed by atoms with Gasteiger partial charge >= 0.3 is 0 Å². The first-order chi connectivity index (χ1) is 8.53. The molecule has 4 heteroatoms. The van der Waals surface area contributed by atoms with E-state index in [-0.39, 0.29) is 5.60 Å². The molecule has 2 aromatic rings. The molecule has 0 aliphatic heterocycles. The lowest BCUT2D eigenvalue weighted by Crippen LogP contribution is -2.22. The molecule has 1 N–H and O–H groups in total. The zero-order chi connectivity index (χ0) is 13.0. The lowest BCUT2D eigenvalue weighted by molar-refractivity contribution is 0.131. The molecule has 0 radical (unpaired) electrons. The van der Waals surface area contributed by atoms with Crippen molar-refractivity contribution in [1.29, 1.82) is 0 Å². The predicted octanol–water partition coefficient (Wildman–Crippen LogP) is 3.40. The Morgan fingerprint density at radius 2 is 1.56 bits per heavy atom. The minimum atomic E-state index is -0.178. The van der Waals surface area contributed by atoms with E-state index in [1.54, 1.807) is 12.4 Å². The fourth-order valence-electron chi connectivity index (χ4n) is 1.49. The van der Waals surface area contributed by atoms with E-state index in [4.69, 9.17) is 4.74 Å². The molecule has 94 valence electrons. The number of ether oxygens (including phenoxy) is 1. The highest BCUT2D eigenvalue weighted by Crippen LogP contribution is 2.22. The molecule has 0 bridgehead atoms. The Bertz CT molecular complexity index is 489. The van der Waals surface area contributed by atoms with Crippen molar-refractivity contribution in [3.63, 3.8) is 0 Å². The van der Waals surface area contributed by atoms with Crippen molar-refractivity contribution in [2.75, 3.05) is 5.32 Å². The third kappa shape index (κ3) is 3.73. The molecule has 0 aliphatic rings. The van der Waals surface area contributed by atoms with Crippen molar-refractivity contribution in [1.82, 2.24) is 9.97 Å². The molecule has 0 unspecified atom stereocenters. The lowest BCUT2D eigenvalue weighted by atomic mass is 10.2. The van der Waals surface area contributed by atoms with Gasteiger partial charge in [0.2, 0.25) is 0 Å². The van der Waals surface area contributed by atoms with Crippen LogP contribution in [0.4, 0.5) is 11.4 Å². The third-order valence-corrected chi connectivity index (χ3v) is 2.13. The molecule has 1 aromatic heterocycles. The maximum atomic E-state index is 5.75. The maximum Gasteiger partial charge on any atom is 0.120 e. The molecule has 1 heterocycles. The molecular formula is C14H17N3O. The van der Waals surface area contributed by atoms with Gasteiger partial charge in [0.25, 0.3) is 0 Å². The van der Waals surface area contributed by atoms with Crippen molar-refractivity contribution in [3.8, 4) is 5.75 Å². The Labute approximate surface area is 107 Å². The highest BCUT2D eigenvalue weighted by molar-refractivity contribution is 5.58. The topological polar surface area (TPSA) is 47.0 Å². The average molecular weight is 243 g/mol. The van der Waals surface area contributed by atoms with Crippen molar-refractivity contribution in [2.45, 2.75) is 26.4 Å². The first-order valence-electron chi connectivity index (χ1n) is 5.84. The summed E-state index contributed by atoms with van der Waals surface area (Å²) in [5.41, 5.74) is 1.66. The molecule has 0 saturated heterocycles. The number of hydrogen-bond acceptors (Lipinski definition) is 4. The van der Waals surface area contributed by atoms with E-state index >= 15 is 0 Å². The number of nitrogens with zero attached hydrogens (tertiary/aromatic N) is 2. The summed E-state index contributed by atoms with van der Waals surface area (Å²) in [4.78, 5) is 7.90. The Morgan fingerprint density at radius 1 is 0.944 bits per heavy atom. The number of benzene rings is 1. The quantitative estimate of drug-likeness (QED) is 0.897. The van der Waals surface area contributed by atoms with E-state index in [9.17, 15) is 0 Å². The SMILES string of the molecule is CC(C)(C)Oc1ccc(Nc2cncnc2)cc1. The summed E-state index contributed by atoms with van der Waals surface area (Å²) in [7, 11) is 0. The van der Waals surface area contributed by atoms with E-state index in [1.807, 2.05) is 45.0 Å². The van der Waals surface area contributed by atoms with Crippen LogP contribution in [0, 0.1) is 0 Å². The van der Waals surface area contributed by atoms with Gasteiger partial charge in [-0.3, -0.25) is 0 Å². The van der Waals surface area contributed by atoms with Crippen molar-refractivity contribution in [3.05, 3.63) is 43.0 Å². The van der Waals surface area contributed by atoms with E-state index in [0.29, 0.717) is 0 Å². The van der Waals surface area contributed by atoms with E-state index in [1.165, 1.54) is 6.33 Å². The van der Waals surface area contributed by atoms with Crippen molar-refractivity contribution < 1.29 is 4.74 Å². The second-order valence-corrected chi connectivity index (χ2v) is 4.99. The summed E-state index contributed by atoms with van der Waals surface area (Å²) < 4.78 is 5.75. The second kappa shape index (κ2) is 5.04. The molecule has 0 spiro atoms. The van der Waals surface area contributed by atoms with Crippen LogP contribution in [0.1, 0.15) is 20.8 Å². The van der Waals surface area contributed by atoms with E-state index < -0.39 is 0 Å². The van der Waals surface area contributed by atoms with Crippen LogP contribution < -0.4 is 10.1 Å². The number of aromatic nitrogens is 2. The highest BCUT2D eigenvalue weighted by Gasteiger charge is 2.11. The lowest BCUT2D eigenvalue weighted by Gasteiger charge is -2.21. The van der Waals surface area contributed by atoms with Gasteiger partial charge in [-0.25, -0.2) is 9.97 Å². The molecule has 1 aromatic carbocycles. The number of hydrogen-bond donors (Lipinski definition) is 1. The smallest absolute Gasteiger partial charge is 0.120 e. The van der Waals surface area contributed by atoms with Crippen LogP contribution in [0.3, 0.4) is 0 Å². The van der Waals surface area contributed by atoms with Crippen molar-refractivity contribution >= 4 is 11.4 Å². The van der Waals surface area contributed by atoms with Gasteiger partial charge in [-0.2, -0.15) is 0 Å². The number of anilines is 2. The standard InChI is InChI=1S/C14H17N3O/c1-14(2,3)18-13-6-4-11(5-7-13)17-12-8-15-10-16-9-12/h4-10,17H,1-3H3. The molecule has 0 saturated carbocycles. The Morgan fingerprint density at radius 3 is 2.11 bits per heavy atom. The maximum absolute atomic E-state index is 5.75. The van der Waals surface area contributed by atoms with Gasteiger partial charge in [0.05, 0.1) is 18.1 Å². The van der Waals surface area contributed by atoms with Gasteiger partial charge < -0.3 is 10.1 Å². The monoisotopic (exact) mass is 243 g/mol. The zero-order valence-electron chi connectivity index (χ0n) is 10.8. The minimum absolute atomic E-state index is 0.178. The van der Waals surface area contributed by atoms with Gasteiger partial charge in [-0.05, 0) is 45.0 Å². The normalized spacial score (nSPS) is 11.1. The fraction of sp³-hybridized carbons (Fsp3) is 0.286.